The minimum atomic E-state index is -0.175. The van der Waals surface area contributed by atoms with E-state index in [1.165, 1.54) is 19.3 Å². The van der Waals surface area contributed by atoms with Gasteiger partial charge in [-0.1, -0.05) is 6.07 Å². The molecule has 4 aliphatic rings. The highest BCUT2D eigenvalue weighted by Crippen LogP contribution is 2.60. The molecule has 0 saturated heterocycles. The van der Waals surface area contributed by atoms with Crippen LogP contribution in [0.25, 0.3) is 0 Å². The third kappa shape index (κ3) is 2.92. The van der Waals surface area contributed by atoms with Gasteiger partial charge in [0.25, 0.3) is 0 Å². The van der Waals surface area contributed by atoms with Crippen molar-refractivity contribution in [3.05, 3.63) is 24.4 Å². The van der Waals surface area contributed by atoms with Crippen molar-refractivity contribution in [2.24, 2.45) is 23.2 Å². The van der Waals surface area contributed by atoms with Gasteiger partial charge in [-0.25, -0.2) is 4.98 Å². The van der Waals surface area contributed by atoms with Crippen LogP contribution in [-0.4, -0.2) is 16.0 Å². The lowest BCUT2D eigenvalue weighted by Crippen LogP contribution is -2.56. The highest BCUT2D eigenvalue weighted by Gasteiger charge is 2.54. The molecule has 6 heteroatoms. The molecule has 0 unspecified atom stereocenters. The molecular formula is C17H22N4OS. The minimum Gasteiger partial charge on any atom is -0.301 e. The summed E-state index contributed by atoms with van der Waals surface area (Å²) in [6.07, 6.45) is 8.81. The summed E-state index contributed by atoms with van der Waals surface area (Å²) in [5, 5.41) is 3.21. The van der Waals surface area contributed by atoms with Crippen molar-refractivity contribution in [3.8, 4) is 0 Å². The first-order valence-electron chi connectivity index (χ1n) is 8.41. The topological polar surface area (TPSA) is 66.1 Å². The summed E-state index contributed by atoms with van der Waals surface area (Å²) >= 11 is 5.25. The molecule has 1 heterocycles. The maximum atomic E-state index is 12.8. The van der Waals surface area contributed by atoms with Gasteiger partial charge in [-0.15, -0.1) is 0 Å². The summed E-state index contributed by atoms with van der Waals surface area (Å²) in [4.78, 5) is 17.0. The van der Waals surface area contributed by atoms with Gasteiger partial charge in [0.1, 0.15) is 5.82 Å². The number of thiocarbonyl (C=S) groups is 1. The number of hydrazine groups is 1. The van der Waals surface area contributed by atoms with Gasteiger partial charge in [-0.05, 0) is 80.6 Å². The first-order chi connectivity index (χ1) is 11.1. The molecule has 0 aromatic carbocycles. The van der Waals surface area contributed by atoms with Gasteiger partial charge < -0.3 is 5.32 Å². The van der Waals surface area contributed by atoms with Crippen LogP contribution in [0.2, 0.25) is 0 Å². The zero-order valence-electron chi connectivity index (χ0n) is 13.0. The van der Waals surface area contributed by atoms with Gasteiger partial charge in [-0.3, -0.25) is 15.6 Å². The van der Waals surface area contributed by atoms with E-state index >= 15 is 0 Å². The number of nitrogens with one attached hydrogen (secondary N) is 3. The second kappa shape index (κ2) is 5.74. The van der Waals surface area contributed by atoms with E-state index in [1.54, 1.807) is 6.20 Å². The van der Waals surface area contributed by atoms with Crippen LogP contribution in [0.15, 0.2) is 24.4 Å². The molecule has 4 aliphatic carbocycles. The first kappa shape index (κ1) is 14.9. The molecule has 1 aromatic rings. The maximum Gasteiger partial charge on any atom is 0.232 e. The SMILES string of the molecule is O=C(NC(=S)NNc1ccccn1)C12CC3CC(CC(C3)C1)C2. The van der Waals surface area contributed by atoms with Crippen LogP contribution in [0.3, 0.4) is 0 Å². The van der Waals surface area contributed by atoms with E-state index in [0.717, 1.165) is 37.0 Å². The van der Waals surface area contributed by atoms with Gasteiger partial charge in [0, 0.05) is 6.20 Å². The van der Waals surface area contributed by atoms with Crippen LogP contribution in [0.5, 0.6) is 0 Å². The number of carbonyl (C=O) groups excluding carboxylic acids is 1. The van der Waals surface area contributed by atoms with Crippen molar-refractivity contribution in [3.63, 3.8) is 0 Å². The Kier molecular flexibility index (Phi) is 3.71. The van der Waals surface area contributed by atoms with Crippen molar-refractivity contribution in [2.45, 2.75) is 38.5 Å². The summed E-state index contributed by atoms with van der Waals surface area (Å²) in [7, 11) is 0. The molecule has 0 aliphatic heterocycles. The van der Waals surface area contributed by atoms with Crippen LogP contribution in [0, 0.1) is 23.2 Å². The number of rotatable bonds is 3. The van der Waals surface area contributed by atoms with Crippen LogP contribution in [0.4, 0.5) is 5.82 Å². The van der Waals surface area contributed by atoms with Gasteiger partial charge in [-0.2, -0.15) is 0 Å². The van der Waals surface area contributed by atoms with Crippen molar-refractivity contribution in [1.82, 2.24) is 15.7 Å². The predicted molar refractivity (Wildman–Crippen MR) is 92.3 cm³/mol. The molecule has 3 N–H and O–H groups in total. The predicted octanol–water partition coefficient (Wildman–Crippen LogP) is 2.62. The smallest absolute Gasteiger partial charge is 0.232 e. The summed E-state index contributed by atoms with van der Waals surface area (Å²) < 4.78 is 0. The molecule has 4 bridgehead atoms. The second-order valence-electron chi connectivity index (χ2n) is 7.45. The third-order valence-corrected chi connectivity index (χ3v) is 5.92. The molecule has 23 heavy (non-hydrogen) atoms. The molecule has 4 saturated carbocycles. The Hall–Kier alpha value is -1.69. The van der Waals surface area contributed by atoms with Gasteiger partial charge in [0.05, 0.1) is 5.41 Å². The van der Waals surface area contributed by atoms with Gasteiger partial charge in [0.15, 0.2) is 5.11 Å². The molecule has 1 aromatic heterocycles. The minimum absolute atomic E-state index is 0.108. The third-order valence-electron chi connectivity index (χ3n) is 5.72. The van der Waals surface area contributed by atoms with E-state index in [0.29, 0.717) is 10.9 Å². The standard InChI is InChI=1S/C17H22N4OS/c22-15(19-16(23)21-20-14-3-1-2-4-18-14)17-8-11-5-12(9-17)7-13(6-11)10-17/h1-4,11-13H,5-10H2,(H,18,20)(H2,19,21,22,23). The molecule has 5 nitrogen and oxygen atoms in total. The average Bonchev–Trinajstić information content (AvgIpc) is 2.52. The van der Waals surface area contributed by atoms with E-state index in [9.17, 15) is 4.79 Å². The fourth-order valence-electron chi connectivity index (χ4n) is 5.21. The molecule has 5 rings (SSSR count). The van der Waals surface area contributed by atoms with Crippen LogP contribution >= 0.6 is 12.2 Å². The molecule has 0 atom stereocenters. The lowest BCUT2D eigenvalue weighted by Gasteiger charge is -2.55. The van der Waals surface area contributed by atoms with E-state index in [2.05, 4.69) is 21.2 Å². The number of amides is 1. The fourth-order valence-corrected chi connectivity index (χ4v) is 5.36. The Bertz CT molecular complexity index is 583. The van der Waals surface area contributed by atoms with Crippen molar-refractivity contribution in [2.75, 3.05) is 5.43 Å². The lowest BCUT2D eigenvalue weighted by atomic mass is 9.49. The number of carbonyl (C=O) groups is 1. The summed E-state index contributed by atoms with van der Waals surface area (Å²) in [6.45, 7) is 0. The number of hydrogen-bond donors (Lipinski definition) is 3. The molecule has 122 valence electrons. The van der Waals surface area contributed by atoms with E-state index < -0.39 is 0 Å². The largest absolute Gasteiger partial charge is 0.301 e. The summed E-state index contributed by atoms with van der Waals surface area (Å²) in [6, 6.07) is 5.56. The highest BCUT2D eigenvalue weighted by atomic mass is 32.1. The number of aromatic nitrogens is 1. The fraction of sp³-hybridized carbons (Fsp3) is 0.588. The molecule has 0 radical (unpaired) electrons. The zero-order chi connectivity index (χ0) is 15.9. The quantitative estimate of drug-likeness (QED) is 0.587. The van der Waals surface area contributed by atoms with E-state index in [4.69, 9.17) is 12.2 Å². The van der Waals surface area contributed by atoms with Crippen molar-refractivity contribution >= 4 is 29.1 Å². The summed E-state index contributed by atoms with van der Waals surface area (Å²) in [5.41, 5.74) is 5.58. The number of hydrogen-bond acceptors (Lipinski definition) is 4. The Morgan fingerprint density at radius 2 is 1.78 bits per heavy atom. The van der Waals surface area contributed by atoms with Crippen LogP contribution < -0.4 is 16.2 Å². The Labute approximate surface area is 141 Å². The summed E-state index contributed by atoms with van der Waals surface area (Å²) in [5.74, 6) is 3.02. The maximum absolute atomic E-state index is 12.8. The molecule has 4 fully saturated rings. The molecule has 1 amide bonds. The van der Waals surface area contributed by atoms with E-state index in [-0.39, 0.29) is 11.3 Å². The monoisotopic (exact) mass is 330 g/mol. The second-order valence-corrected chi connectivity index (χ2v) is 7.85. The Morgan fingerprint density at radius 3 is 2.35 bits per heavy atom. The zero-order valence-corrected chi connectivity index (χ0v) is 13.9. The first-order valence-corrected chi connectivity index (χ1v) is 8.82. The van der Waals surface area contributed by atoms with E-state index in [1.807, 2.05) is 18.2 Å². The van der Waals surface area contributed by atoms with Gasteiger partial charge >= 0.3 is 0 Å². The number of pyridine rings is 1. The Balaban J connectivity index is 1.35. The Morgan fingerprint density at radius 1 is 1.13 bits per heavy atom. The van der Waals surface area contributed by atoms with Crippen molar-refractivity contribution < 1.29 is 4.79 Å². The lowest BCUT2D eigenvalue weighted by molar-refractivity contribution is -0.144. The van der Waals surface area contributed by atoms with Gasteiger partial charge in [0.2, 0.25) is 5.91 Å². The highest BCUT2D eigenvalue weighted by molar-refractivity contribution is 7.80. The average molecular weight is 330 g/mol. The van der Waals surface area contributed by atoms with Crippen LogP contribution in [-0.2, 0) is 4.79 Å². The normalized spacial score (nSPS) is 34.0. The van der Waals surface area contributed by atoms with Crippen LogP contribution in [0.1, 0.15) is 38.5 Å². The number of anilines is 1. The van der Waals surface area contributed by atoms with Crippen molar-refractivity contribution in [1.29, 1.82) is 0 Å². The number of nitrogens with zero attached hydrogens (tertiary/aromatic N) is 1. The molecular weight excluding hydrogens is 308 g/mol. The molecule has 0 spiro atoms.